The van der Waals surface area contributed by atoms with Gasteiger partial charge in [0.25, 0.3) is 0 Å². The predicted molar refractivity (Wildman–Crippen MR) is 69.4 cm³/mol. The molecule has 0 saturated heterocycles. The normalized spacial score (nSPS) is 11.1. The molecule has 0 aromatic carbocycles. The van der Waals surface area contributed by atoms with E-state index >= 15 is 0 Å². The van der Waals surface area contributed by atoms with Crippen molar-refractivity contribution in [3.05, 3.63) is 0 Å². The Bertz CT molecular complexity index is 253. The molecular formula is C12H22ClNO4. The maximum atomic E-state index is 11.8. The van der Waals surface area contributed by atoms with Gasteiger partial charge in [-0.2, -0.15) is 0 Å². The molecule has 0 aliphatic carbocycles. The van der Waals surface area contributed by atoms with Crippen molar-refractivity contribution in [2.45, 2.75) is 45.1 Å². The van der Waals surface area contributed by atoms with Crippen molar-refractivity contribution in [3.63, 3.8) is 0 Å². The zero-order valence-corrected chi connectivity index (χ0v) is 11.8. The van der Waals surface area contributed by atoms with Gasteiger partial charge in [0.2, 0.25) is 5.54 Å². The van der Waals surface area contributed by atoms with Crippen molar-refractivity contribution in [1.29, 1.82) is 0 Å². The Kier molecular flexibility index (Phi) is 8.75. The number of hydrogen-bond donors (Lipinski definition) is 1. The number of rotatable bonds is 9. The first kappa shape index (κ1) is 17.2. The average molecular weight is 280 g/mol. The van der Waals surface area contributed by atoms with E-state index in [0.717, 1.165) is 12.8 Å². The van der Waals surface area contributed by atoms with Crippen LogP contribution in [0.2, 0.25) is 0 Å². The van der Waals surface area contributed by atoms with E-state index in [2.05, 4.69) is 0 Å². The minimum absolute atomic E-state index is 0.179. The highest BCUT2D eigenvalue weighted by atomic mass is 35.5. The maximum Gasteiger partial charge on any atom is 0.337 e. The van der Waals surface area contributed by atoms with Crippen LogP contribution in [0.1, 0.15) is 39.5 Å². The third-order valence-corrected chi connectivity index (χ3v) is 2.75. The third-order valence-electron chi connectivity index (χ3n) is 2.48. The highest BCUT2D eigenvalue weighted by molar-refractivity contribution is 6.17. The molecule has 0 heterocycles. The predicted octanol–water partition coefficient (Wildman–Crippen LogP) is 1.61. The summed E-state index contributed by atoms with van der Waals surface area (Å²) in [6, 6.07) is 0. The van der Waals surface area contributed by atoms with Gasteiger partial charge in [-0.25, -0.2) is 9.59 Å². The minimum atomic E-state index is -1.70. The van der Waals surface area contributed by atoms with Crippen molar-refractivity contribution < 1.29 is 19.1 Å². The van der Waals surface area contributed by atoms with Gasteiger partial charge in [0.05, 0.1) is 13.2 Å². The van der Waals surface area contributed by atoms with Gasteiger partial charge in [-0.05, 0) is 26.7 Å². The zero-order chi connectivity index (χ0) is 14.0. The van der Waals surface area contributed by atoms with Gasteiger partial charge < -0.3 is 15.2 Å². The number of esters is 2. The van der Waals surface area contributed by atoms with Gasteiger partial charge in [-0.1, -0.05) is 12.8 Å². The van der Waals surface area contributed by atoms with Gasteiger partial charge in [0, 0.05) is 5.88 Å². The van der Waals surface area contributed by atoms with Gasteiger partial charge >= 0.3 is 11.9 Å². The van der Waals surface area contributed by atoms with E-state index in [1.165, 1.54) is 0 Å². The molecule has 18 heavy (non-hydrogen) atoms. The molecule has 0 saturated carbocycles. The Balaban J connectivity index is 4.58. The summed E-state index contributed by atoms with van der Waals surface area (Å²) < 4.78 is 9.68. The highest BCUT2D eigenvalue weighted by Crippen LogP contribution is 2.17. The SMILES string of the molecule is CCOC(=O)C(N)(CCCCCCl)C(=O)OCC. The van der Waals surface area contributed by atoms with Crippen LogP contribution >= 0.6 is 11.6 Å². The van der Waals surface area contributed by atoms with Gasteiger partial charge in [-0.15, -0.1) is 11.6 Å². The molecule has 0 amide bonds. The van der Waals surface area contributed by atoms with Crippen LogP contribution in [0.3, 0.4) is 0 Å². The van der Waals surface area contributed by atoms with E-state index in [4.69, 9.17) is 26.8 Å². The van der Waals surface area contributed by atoms with E-state index < -0.39 is 17.5 Å². The molecule has 0 fully saturated rings. The molecule has 0 aliphatic heterocycles. The van der Waals surface area contributed by atoms with E-state index in [9.17, 15) is 9.59 Å². The van der Waals surface area contributed by atoms with Crippen molar-refractivity contribution >= 4 is 23.5 Å². The van der Waals surface area contributed by atoms with Gasteiger partial charge in [0.1, 0.15) is 0 Å². The maximum absolute atomic E-state index is 11.8. The van der Waals surface area contributed by atoms with Crippen LogP contribution < -0.4 is 5.73 Å². The van der Waals surface area contributed by atoms with E-state index in [-0.39, 0.29) is 19.6 Å². The monoisotopic (exact) mass is 279 g/mol. The highest BCUT2D eigenvalue weighted by Gasteiger charge is 2.44. The zero-order valence-electron chi connectivity index (χ0n) is 11.0. The number of hydrogen-bond acceptors (Lipinski definition) is 5. The number of nitrogens with two attached hydrogens (primary N) is 1. The lowest BCUT2D eigenvalue weighted by molar-refractivity contribution is -0.164. The fraction of sp³-hybridized carbons (Fsp3) is 0.833. The van der Waals surface area contributed by atoms with Crippen molar-refractivity contribution in [3.8, 4) is 0 Å². The van der Waals surface area contributed by atoms with E-state index in [1.54, 1.807) is 13.8 Å². The van der Waals surface area contributed by atoms with Crippen LogP contribution in [0.15, 0.2) is 0 Å². The molecule has 0 aromatic rings. The molecule has 0 radical (unpaired) electrons. The summed E-state index contributed by atoms with van der Waals surface area (Å²) in [5.41, 5.74) is 4.16. The second-order valence-electron chi connectivity index (χ2n) is 3.91. The fourth-order valence-electron chi connectivity index (χ4n) is 1.48. The Morgan fingerprint density at radius 3 is 1.94 bits per heavy atom. The molecule has 0 rings (SSSR count). The number of carbonyl (C=O) groups excluding carboxylic acids is 2. The van der Waals surface area contributed by atoms with Crippen LogP contribution in [0.25, 0.3) is 0 Å². The number of unbranched alkanes of at least 4 members (excludes halogenated alkanes) is 2. The molecule has 0 spiro atoms. The first-order valence-electron chi connectivity index (χ1n) is 6.22. The Morgan fingerprint density at radius 1 is 1.06 bits per heavy atom. The topological polar surface area (TPSA) is 78.6 Å². The summed E-state index contributed by atoms with van der Waals surface area (Å²) in [5.74, 6) is -0.903. The van der Waals surface area contributed by atoms with Crippen molar-refractivity contribution in [2.75, 3.05) is 19.1 Å². The van der Waals surface area contributed by atoms with Crippen LogP contribution in [-0.2, 0) is 19.1 Å². The van der Waals surface area contributed by atoms with Crippen LogP contribution in [0.5, 0.6) is 0 Å². The Morgan fingerprint density at radius 2 is 1.56 bits per heavy atom. The molecule has 106 valence electrons. The molecule has 0 aromatic heterocycles. The van der Waals surface area contributed by atoms with Crippen molar-refractivity contribution in [2.24, 2.45) is 5.73 Å². The van der Waals surface area contributed by atoms with Crippen LogP contribution in [0.4, 0.5) is 0 Å². The molecule has 5 nitrogen and oxygen atoms in total. The first-order valence-corrected chi connectivity index (χ1v) is 6.75. The molecule has 0 unspecified atom stereocenters. The lowest BCUT2D eigenvalue weighted by Gasteiger charge is -2.24. The summed E-state index contributed by atoms with van der Waals surface area (Å²) >= 11 is 5.56. The first-order chi connectivity index (χ1) is 8.52. The Labute approximate surface area is 113 Å². The second-order valence-corrected chi connectivity index (χ2v) is 4.29. The van der Waals surface area contributed by atoms with Gasteiger partial charge in [0.15, 0.2) is 0 Å². The molecule has 6 heteroatoms. The van der Waals surface area contributed by atoms with Crippen LogP contribution in [-0.4, -0.2) is 36.6 Å². The quantitative estimate of drug-likeness (QED) is 0.300. The minimum Gasteiger partial charge on any atom is -0.464 e. The van der Waals surface area contributed by atoms with E-state index in [0.29, 0.717) is 12.3 Å². The van der Waals surface area contributed by atoms with Crippen molar-refractivity contribution in [1.82, 2.24) is 0 Å². The number of alkyl halides is 1. The molecule has 0 bridgehead atoms. The largest absolute Gasteiger partial charge is 0.464 e. The summed E-state index contributed by atoms with van der Waals surface area (Å²) in [6.45, 7) is 3.69. The lowest BCUT2D eigenvalue weighted by atomic mass is 9.93. The summed E-state index contributed by atoms with van der Waals surface area (Å²) in [7, 11) is 0. The molecule has 0 atom stereocenters. The Hall–Kier alpha value is -0.810. The van der Waals surface area contributed by atoms with Crippen LogP contribution in [0, 0.1) is 0 Å². The molecule has 0 aliphatic rings. The second kappa shape index (κ2) is 9.16. The standard InChI is InChI=1S/C12H22ClNO4/c1-3-17-10(15)12(14,11(16)18-4-2)8-6-5-7-9-13/h3-9,14H2,1-2H3. The summed E-state index contributed by atoms with van der Waals surface area (Å²) in [5, 5.41) is 0. The fourth-order valence-corrected chi connectivity index (χ4v) is 1.67. The number of ether oxygens (including phenoxy) is 2. The smallest absolute Gasteiger partial charge is 0.337 e. The summed E-state index contributed by atoms with van der Waals surface area (Å²) in [6.07, 6.45) is 2.47. The average Bonchev–Trinajstić information content (AvgIpc) is 2.35. The summed E-state index contributed by atoms with van der Waals surface area (Å²) in [4.78, 5) is 23.5. The van der Waals surface area contributed by atoms with E-state index in [1.807, 2.05) is 0 Å². The lowest BCUT2D eigenvalue weighted by Crippen LogP contribution is -2.56. The number of carbonyl (C=O) groups is 2. The molecular weight excluding hydrogens is 258 g/mol. The number of halogens is 1. The van der Waals surface area contributed by atoms with Gasteiger partial charge in [-0.3, -0.25) is 0 Å². The third kappa shape index (κ3) is 5.23. The molecule has 2 N–H and O–H groups in total.